The molecule has 0 aliphatic carbocycles. The van der Waals surface area contributed by atoms with E-state index >= 15 is 0 Å². The highest BCUT2D eigenvalue weighted by Gasteiger charge is 2.63. The molecule has 0 radical (unpaired) electrons. The number of H-pyrrole nitrogens is 1. The van der Waals surface area contributed by atoms with Crippen LogP contribution in [0.25, 0.3) is 0 Å². The number of aliphatic hydroxyl groups excluding tert-OH is 1. The first kappa shape index (κ1) is 14.5. The Morgan fingerprint density at radius 3 is 2.71 bits per heavy atom. The maximum atomic E-state index is 11.9. The summed E-state index contributed by atoms with van der Waals surface area (Å²) in [5.41, 5.74) is -1.96. The summed E-state index contributed by atoms with van der Waals surface area (Å²) in [4.78, 5) is 25.3. The van der Waals surface area contributed by atoms with Gasteiger partial charge in [-0.25, -0.2) is 4.79 Å². The first-order valence-corrected chi connectivity index (χ1v) is 6.72. The summed E-state index contributed by atoms with van der Waals surface area (Å²) >= 11 is 0. The lowest BCUT2D eigenvalue weighted by Crippen LogP contribution is -2.45. The molecule has 1 aromatic rings. The number of nitrogens with one attached hydrogen (secondary N) is 1. The standard InChI is InChI=1S/C13H18N2O6/c1-12(2)20-9-10(15-5-4-8(17)14-11(15)18)19-7(6-16)13(9,3)21-12/h4-5,7,9-10,16H,6H2,1-3H3,(H,14,17,18)/t7-,9?,10-,13-/m1/s1. The van der Waals surface area contributed by atoms with Crippen molar-refractivity contribution < 1.29 is 19.3 Å². The van der Waals surface area contributed by atoms with Crippen LogP contribution in [0.1, 0.15) is 27.0 Å². The average Bonchev–Trinajstić information content (AvgIpc) is 2.76. The van der Waals surface area contributed by atoms with Gasteiger partial charge in [0.15, 0.2) is 12.0 Å². The number of hydrogen-bond acceptors (Lipinski definition) is 6. The molecule has 2 saturated heterocycles. The SMILES string of the molecule is CC1(C)OC2[C@H](n3ccc(=O)[nH]c3=O)O[C@H](CO)[C@@]2(C)O1. The van der Waals surface area contributed by atoms with Crippen molar-refractivity contribution >= 4 is 0 Å². The van der Waals surface area contributed by atoms with E-state index in [1.165, 1.54) is 16.8 Å². The molecule has 2 fully saturated rings. The lowest BCUT2D eigenvalue weighted by molar-refractivity contribution is -0.214. The smallest absolute Gasteiger partial charge is 0.330 e. The third-order valence-electron chi connectivity index (χ3n) is 3.93. The minimum absolute atomic E-state index is 0.263. The highest BCUT2D eigenvalue weighted by molar-refractivity contribution is 5.07. The molecule has 2 N–H and O–H groups in total. The maximum absolute atomic E-state index is 11.9. The Morgan fingerprint density at radius 2 is 2.10 bits per heavy atom. The summed E-state index contributed by atoms with van der Waals surface area (Å²) in [7, 11) is 0. The van der Waals surface area contributed by atoms with E-state index < -0.39 is 41.1 Å². The van der Waals surface area contributed by atoms with Crippen molar-refractivity contribution in [1.82, 2.24) is 9.55 Å². The first-order valence-electron chi connectivity index (χ1n) is 6.72. The van der Waals surface area contributed by atoms with E-state index in [9.17, 15) is 14.7 Å². The van der Waals surface area contributed by atoms with Crippen molar-refractivity contribution in [3.63, 3.8) is 0 Å². The summed E-state index contributed by atoms with van der Waals surface area (Å²) in [6.07, 6.45) is -0.639. The van der Waals surface area contributed by atoms with Crippen LogP contribution < -0.4 is 11.2 Å². The van der Waals surface area contributed by atoms with Crippen LogP contribution in [0, 0.1) is 0 Å². The molecule has 21 heavy (non-hydrogen) atoms. The average molecular weight is 298 g/mol. The van der Waals surface area contributed by atoms with E-state index in [-0.39, 0.29) is 6.61 Å². The second-order valence-electron chi connectivity index (χ2n) is 5.94. The Kier molecular flexibility index (Phi) is 3.10. The van der Waals surface area contributed by atoms with Gasteiger partial charge in [-0.1, -0.05) is 0 Å². The molecule has 4 atom stereocenters. The Morgan fingerprint density at radius 1 is 1.38 bits per heavy atom. The number of ether oxygens (including phenoxy) is 3. The second-order valence-corrected chi connectivity index (χ2v) is 5.94. The molecule has 0 amide bonds. The summed E-state index contributed by atoms with van der Waals surface area (Å²) in [5.74, 6) is -0.847. The molecule has 8 nitrogen and oxygen atoms in total. The number of aromatic nitrogens is 2. The molecule has 116 valence electrons. The topological polar surface area (TPSA) is 103 Å². The molecule has 3 rings (SSSR count). The molecule has 0 spiro atoms. The molecular formula is C13H18N2O6. The van der Waals surface area contributed by atoms with Gasteiger partial charge in [-0.15, -0.1) is 0 Å². The zero-order valence-electron chi connectivity index (χ0n) is 12.0. The Hall–Kier alpha value is -1.48. The van der Waals surface area contributed by atoms with Gasteiger partial charge < -0.3 is 19.3 Å². The van der Waals surface area contributed by atoms with Gasteiger partial charge in [-0.05, 0) is 20.8 Å². The second kappa shape index (κ2) is 4.51. The van der Waals surface area contributed by atoms with Crippen LogP contribution in [0.3, 0.4) is 0 Å². The number of nitrogens with zero attached hydrogens (tertiary/aromatic N) is 1. The summed E-state index contributed by atoms with van der Waals surface area (Å²) in [5, 5.41) is 9.52. The molecule has 2 aliphatic heterocycles. The van der Waals surface area contributed by atoms with E-state index in [1.54, 1.807) is 20.8 Å². The van der Waals surface area contributed by atoms with Crippen LogP contribution in [0.5, 0.6) is 0 Å². The number of aromatic amines is 1. The third-order valence-corrected chi connectivity index (χ3v) is 3.93. The van der Waals surface area contributed by atoms with Gasteiger partial charge in [0.25, 0.3) is 5.56 Å². The van der Waals surface area contributed by atoms with E-state index in [2.05, 4.69) is 4.98 Å². The van der Waals surface area contributed by atoms with Crippen molar-refractivity contribution in [3.05, 3.63) is 33.1 Å². The monoisotopic (exact) mass is 298 g/mol. The van der Waals surface area contributed by atoms with Crippen molar-refractivity contribution in [2.24, 2.45) is 0 Å². The Balaban J connectivity index is 2.05. The maximum Gasteiger partial charge on any atom is 0.330 e. The van der Waals surface area contributed by atoms with E-state index in [1.807, 2.05) is 0 Å². The van der Waals surface area contributed by atoms with E-state index in [0.29, 0.717) is 0 Å². The zero-order valence-corrected chi connectivity index (χ0v) is 12.0. The zero-order chi connectivity index (χ0) is 15.4. The predicted octanol–water partition coefficient (Wildman–Crippen LogP) is -0.663. The largest absolute Gasteiger partial charge is 0.394 e. The van der Waals surface area contributed by atoms with Crippen LogP contribution in [-0.4, -0.2) is 44.9 Å². The quantitative estimate of drug-likeness (QED) is 0.751. The van der Waals surface area contributed by atoms with E-state index in [4.69, 9.17) is 14.2 Å². The lowest BCUT2D eigenvalue weighted by atomic mass is 9.95. The van der Waals surface area contributed by atoms with Crippen LogP contribution in [0.15, 0.2) is 21.9 Å². The first-order chi connectivity index (χ1) is 9.77. The highest BCUT2D eigenvalue weighted by Crippen LogP contribution is 2.49. The van der Waals surface area contributed by atoms with Gasteiger partial charge in [0, 0.05) is 12.3 Å². The molecule has 1 unspecified atom stereocenters. The molecule has 0 aromatic carbocycles. The number of hydrogen-bond donors (Lipinski definition) is 2. The van der Waals surface area contributed by atoms with Crippen molar-refractivity contribution in [2.45, 2.75) is 50.6 Å². The van der Waals surface area contributed by atoms with Crippen LogP contribution in [-0.2, 0) is 14.2 Å². The normalized spacial score (nSPS) is 37.6. The van der Waals surface area contributed by atoms with Gasteiger partial charge in [0.1, 0.15) is 17.8 Å². The lowest BCUT2D eigenvalue weighted by Gasteiger charge is -2.28. The predicted molar refractivity (Wildman–Crippen MR) is 70.8 cm³/mol. The molecule has 8 heteroatoms. The fourth-order valence-electron chi connectivity index (χ4n) is 3.06. The summed E-state index contributed by atoms with van der Waals surface area (Å²) in [6, 6.07) is 1.23. The highest BCUT2D eigenvalue weighted by atomic mass is 16.8. The molecule has 0 saturated carbocycles. The van der Waals surface area contributed by atoms with Gasteiger partial charge in [-0.3, -0.25) is 14.3 Å². The molecule has 2 aliphatic rings. The number of fused-ring (bicyclic) bond motifs is 1. The van der Waals surface area contributed by atoms with Crippen LogP contribution in [0.2, 0.25) is 0 Å². The Bertz CT molecular complexity index is 665. The number of rotatable bonds is 2. The van der Waals surface area contributed by atoms with Crippen molar-refractivity contribution in [2.75, 3.05) is 6.61 Å². The molecule has 0 bridgehead atoms. The Labute approximate surface area is 120 Å². The van der Waals surface area contributed by atoms with Crippen molar-refractivity contribution in [1.29, 1.82) is 0 Å². The summed E-state index contributed by atoms with van der Waals surface area (Å²) in [6.45, 7) is 5.04. The van der Waals surface area contributed by atoms with Gasteiger partial charge in [0.2, 0.25) is 0 Å². The van der Waals surface area contributed by atoms with E-state index in [0.717, 1.165) is 0 Å². The fourth-order valence-corrected chi connectivity index (χ4v) is 3.06. The van der Waals surface area contributed by atoms with Gasteiger partial charge in [-0.2, -0.15) is 0 Å². The van der Waals surface area contributed by atoms with Crippen molar-refractivity contribution in [3.8, 4) is 0 Å². The summed E-state index contributed by atoms with van der Waals surface area (Å²) < 4.78 is 18.7. The third kappa shape index (κ3) is 2.15. The number of aliphatic hydroxyl groups is 1. The van der Waals surface area contributed by atoms with Crippen LogP contribution in [0.4, 0.5) is 0 Å². The van der Waals surface area contributed by atoms with Gasteiger partial charge >= 0.3 is 5.69 Å². The minimum atomic E-state index is -0.876. The fraction of sp³-hybridized carbons (Fsp3) is 0.692. The minimum Gasteiger partial charge on any atom is -0.394 e. The molecule has 3 heterocycles. The molecular weight excluding hydrogens is 280 g/mol. The van der Waals surface area contributed by atoms with Crippen LogP contribution >= 0.6 is 0 Å². The van der Waals surface area contributed by atoms with Gasteiger partial charge in [0.05, 0.1) is 6.61 Å². The molecule has 1 aromatic heterocycles.